The smallest absolute Gasteiger partial charge is 0.269 e. The Hall–Kier alpha value is -1.54. The van der Waals surface area contributed by atoms with Crippen LogP contribution in [-0.2, 0) is 24.7 Å². The van der Waals surface area contributed by atoms with E-state index in [-0.39, 0.29) is 5.69 Å². The fourth-order valence-electron chi connectivity index (χ4n) is 2.55. The van der Waals surface area contributed by atoms with E-state index in [1.807, 2.05) is 0 Å². The summed E-state index contributed by atoms with van der Waals surface area (Å²) in [6, 6.07) is 6.38. The molecular weight excluding hydrogens is 302 g/mol. The number of hydrogen-bond acceptors (Lipinski definition) is 6. The first-order valence-corrected chi connectivity index (χ1v) is 7.77. The van der Waals surface area contributed by atoms with Crippen molar-refractivity contribution < 1.29 is 23.9 Å². The first-order chi connectivity index (χ1) is 11.2. The van der Waals surface area contributed by atoms with Gasteiger partial charge in [-0.2, -0.15) is 0 Å². The second kappa shape index (κ2) is 8.93. The van der Waals surface area contributed by atoms with Crippen molar-refractivity contribution in [3.05, 3.63) is 39.9 Å². The van der Waals surface area contributed by atoms with Crippen molar-refractivity contribution in [2.24, 2.45) is 0 Å². The summed E-state index contributed by atoms with van der Waals surface area (Å²) < 4.78 is 22.0. The molecule has 0 unspecified atom stereocenters. The lowest BCUT2D eigenvalue weighted by atomic mass is 9.99. The summed E-state index contributed by atoms with van der Waals surface area (Å²) >= 11 is 0. The van der Waals surface area contributed by atoms with Crippen molar-refractivity contribution in [3.8, 4) is 0 Å². The number of rotatable bonds is 10. The number of hydrogen-bond donors (Lipinski definition) is 0. The van der Waals surface area contributed by atoms with Crippen molar-refractivity contribution in [1.29, 1.82) is 0 Å². The minimum absolute atomic E-state index is 0.0634. The van der Waals surface area contributed by atoms with Crippen LogP contribution in [0.4, 0.5) is 5.69 Å². The number of nitro groups is 1. The van der Waals surface area contributed by atoms with E-state index in [9.17, 15) is 10.1 Å². The fourth-order valence-corrected chi connectivity index (χ4v) is 2.55. The molecule has 0 aromatic heterocycles. The Morgan fingerprint density at radius 2 is 1.83 bits per heavy atom. The van der Waals surface area contributed by atoms with Crippen LogP contribution < -0.4 is 0 Å². The Morgan fingerprint density at radius 3 is 2.43 bits per heavy atom. The Morgan fingerprint density at radius 1 is 1.13 bits per heavy atom. The molecule has 7 nitrogen and oxygen atoms in total. The lowest BCUT2D eigenvalue weighted by molar-refractivity contribution is -0.384. The molecule has 0 N–H and O–H groups in total. The maximum Gasteiger partial charge on any atom is 0.269 e. The van der Waals surface area contributed by atoms with Gasteiger partial charge in [0.15, 0.2) is 5.79 Å². The molecule has 0 bridgehead atoms. The van der Waals surface area contributed by atoms with Crippen LogP contribution in [0.15, 0.2) is 24.3 Å². The van der Waals surface area contributed by atoms with E-state index in [2.05, 4.69) is 0 Å². The molecule has 1 heterocycles. The standard InChI is InChI=1S/C16H23NO6/c1-20-10-11-21-9-3-2-8-16(22-12-13-23-16)14-4-6-15(7-5-14)17(18)19/h4-7H,2-3,8-13H2,1H3. The van der Waals surface area contributed by atoms with Crippen LogP contribution >= 0.6 is 0 Å². The number of ether oxygens (including phenoxy) is 4. The summed E-state index contributed by atoms with van der Waals surface area (Å²) in [6.07, 6.45) is 2.47. The molecular formula is C16H23NO6. The number of unbranched alkanes of at least 4 members (excludes halogenated alkanes) is 1. The normalized spacial score (nSPS) is 16.6. The van der Waals surface area contributed by atoms with Crippen LogP contribution in [-0.4, -0.2) is 45.1 Å². The predicted molar refractivity (Wildman–Crippen MR) is 83.2 cm³/mol. The SMILES string of the molecule is COCCOCCCCC1(c2ccc([N+](=O)[O-])cc2)OCCO1. The molecule has 2 rings (SSSR count). The predicted octanol–water partition coefficient (Wildman–Crippen LogP) is 2.63. The largest absolute Gasteiger partial charge is 0.382 e. The van der Waals surface area contributed by atoms with Gasteiger partial charge in [0, 0.05) is 37.8 Å². The van der Waals surface area contributed by atoms with Crippen LogP contribution in [0.5, 0.6) is 0 Å². The maximum atomic E-state index is 10.8. The van der Waals surface area contributed by atoms with Crippen LogP contribution in [0.3, 0.4) is 0 Å². The number of non-ortho nitro benzene ring substituents is 1. The maximum absolute atomic E-state index is 10.8. The molecule has 7 heteroatoms. The van der Waals surface area contributed by atoms with Crippen LogP contribution in [0, 0.1) is 10.1 Å². The van der Waals surface area contributed by atoms with Gasteiger partial charge in [-0.25, -0.2) is 0 Å². The van der Waals surface area contributed by atoms with Crippen molar-refractivity contribution >= 4 is 5.69 Å². The highest BCUT2D eigenvalue weighted by molar-refractivity contribution is 5.35. The van der Waals surface area contributed by atoms with Gasteiger partial charge >= 0.3 is 0 Å². The molecule has 1 aliphatic rings. The lowest BCUT2D eigenvalue weighted by Crippen LogP contribution is -2.27. The zero-order valence-electron chi connectivity index (χ0n) is 13.4. The monoisotopic (exact) mass is 325 g/mol. The number of nitrogens with zero attached hydrogens (tertiary/aromatic N) is 1. The Labute approximate surface area is 135 Å². The summed E-state index contributed by atoms with van der Waals surface area (Å²) in [6.45, 7) is 2.91. The van der Waals surface area contributed by atoms with E-state index in [1.165, 1.54) is 12.1 Å². The average molecular weight is 325 g/mol. The first kappa shape index (κ1) is 17.8. The summed E-state index contributed by atoms with van der Waals surface area (Å²) in [5.41, 5.74) is 0.884. The molecule has 23 heavy (non-hydrogen) atoms. The van der Waals surface area contributed by atoms with Crippen molar-refractivity contribution in [2.45, 2.75) is 25.0 Å². The minimum Gasteiger partial charge on any atom is -0.382 e. The molecule has 1 aromatic rings. The second-order valence-electron chi connectivity index (χ2n) is 5.32. The quantitative estimate of drug-likeness (QED) is 0.374. The second-order valence-corrected chi connectivity index (χ2v) is 5.32. The van der Waals surface area contributed by atoms with Gasteiger partial charge in [0.1, 0.15) is 0 Å². The molecule has 1 fully saturated rings. The Bertz CT molecular complexity index is 484. The zero-order chi connectivity index (χ0) is 16.5. The molecule has 0 radical (unpaired) electrons. The van der Waals surface area contributed by atoms with Crippen LogP contribution in [0.1, 0.15) is 24.8 Å². The topological polar surface area (TPSA) is 80.1 Å². The molecule has 0 atom stereocenters. The molecule has 1 aromatic carbocycles. The summed E-state index contributed by atoms with van der Waals surface area (Å²) in [5.74, 6) is -0.790. The van der Waals surface area contributed by atoms with Gasteiger partial charge in [-0.15, -0.1) is 0 Å². The minimum atomic E-state index is -0.790. The summed E-state index contributed by atoms with van der Waals surface area (Å²) in [4.78, 5) is 10.3. The van der Waals surface area contributed by atoms with E-state index in [0.29, 0.717) is 39.5 Å². The number of nitro benzene ring substituents is 1. The lowest BCUT2D eigenvalue weighted by Gasteiger charge is -2.27. The van der Waals surface area contributed by atoms with Crippen molar-refractivity contribution in [2.75, 3.05) is 40.1 Å². The van der Waals surface area contributed by atoms with Crippen LogP contribution in [0.2, 0.25) is 0 Å². The Balaban J connectivity index is 1.87. The van der Waals surface area contributed by atoms with Crippen molar-refractivity contribution in [1.82, 2.24) is 0 Å². The molecule has 0 amide bonds. The molecule has 1 aliphatic heterocycles. The van der Waals surface area contributed by atoms with E-state index >= 15 is 0 Å². The summed E-state index contributed by atoms with van der Waals surface area (Å²) in [5, 5.41) is 10.8. The van der Waals surface area contributed by atoms with Gasteiger partial charge in [-0.3, -0.25) is 10.1 Å². The van der Waals surface area contributed by atoms with Gasteiger partial charge < -0.3 is 18.9 Å². The Kier molecular flexibility index (Phi) is 6.91. The highest BCUT2D eigenvalue weighted by Gasteiger charge is 2.38. The number of methoxy groups -OCH3 is 1. The molecule has 1 saturated heterocycles. The highest BCUT2D eigenvalue weighted by Crippen LogP contribution is 2.37. The van der Waals surface area contributed by atoms with Gasteiger partial charge in [-0.1, -0.05) is 0 Å². The van der Waals surface area contributed by atoms with Gasteiger partial charge in [0.05, 0.1) is 31.4 Å². The third kappa shape index (κ3) is 4.97. The molecule has 0 spiro atoms. The summed E-state index contributed by atoms with van der Waals surface area (Å²) in [7, 11) is 1.64. The van der Waals surface area contributed by atoms with E-state index in [0.717, 1.165) is 18.4 Å². The van der Waals surface area contributed by atoms with Crippen LogP contribution in [0.25, 0.3) is 0 Å². The third-order valence-corrected chi connectivity index (χ3v) is 3.75. The van der Waals surface area contributed by atoms with Gasteiger partial charge in [0.2, 0.25) is 0 Å². The average Bonchev–Trinajstić information content (AvgIpc) is 3.04. The van der Waals surface area contributed by atoms with E-state index < -0.39 is 10.7 Å². The van der Waals surface area contributed by atoms with E-state index in [4.69, 9.17) is 18.9 Å². The highest BCUT2D eigenvalue weighted by atomic mass is 16.7. The van der Waals surface area contributed by atoms with Crippen molar-refractivity contribution in [3.63, 3.8) is 0 Å². The first-order valence-electron chi connectivity index (χ1n) is 7.77. The molecule has 128 valence electrons. The zero-order valence-corrected chi connectivity index (χ0v) is 13.4. The molecule has 0 aliphatic carbocycles. The third-order valence-electron chi connectivity index (χ3n) is 3.75. The van der Waals surface area contributed by atoms with Gasteiger partial charge in [0.25, 0.3) is 5.69 Å². The van der Waals surface area contributed by atoms with E-state index in [1.54, 1.807) is 19.2 Å². The molecule has 0 saturated carbocycles. The van der Waals surface area contributed by atoms with Gasteiger partial charge in [-0.05, 0) is 25.0 Å². The fraction of sp³-hybridized carbons (Fsp3) is 0.625. The number of benzene rings is 1.